The minimum Gasteiger partial charge on any atom is -0.469 e. The molecule has 1 aromatic rings. The number of aliphatic hydroxyl groups excluding tert-OH is 1. The maximum absolute atomic E-state index is 12.8. The molecule has 0 bridgehead atoms. The molecule has 0 saturated heterocycles. The van der Waals surface area contributed by atoms with Crippen LogP contribution in [0.5, 0.6) is 0 Å². The first-order chi connectivity index (χ1) is 15.2. The summed E-state index contributed by atoms with van der Waals surface area (Å²) in [4.78, 5) is 48.4. The smallest absolute Gasteiger partial charge is 0.305 e. The van der Waals surface area contributed by atoms with Gasteiger partial charge in [-0.1, -0.05) is 6.07 Å². The maximum atomic E-state index is 12.8. The predicted molar refractivity (Wildman–Crippen MR) is 119 cm³/mol. The summed E-state index contributed by atoms with van der Waals surface area (Å²) < 4.78 is 4.54. The van der Waals surface area contributed by atoms with Crippen LogP contribution in [0, 0.1) is 0 Å². The highest BCUT2D eigenvalue weighted by Gasteiger charge is 2.51. The third-order valence-corrected chi connectivity index (χ3v) is 5.54. The van der Waals surface area contributed by atoms with E-state index in [1.807, 2.05) is 0 Å². The van der Waals surface area contributed by atoms with Gasteiger partial charge in [0.1, 0.15) is 11.6 Å². The Kier molecular flexibility index (Phi) is 9.46. The standard InChI is InChI=1S/C22H30ClN3O6/c1-14(24-18(28)5-3-4-6-19(29)32-2)20(30)26-22(7-8-22)21(31)25-17-10-15(12-23)9-16(11-17)13-27/h9-11,14,27H,3-8,12-13H2,1-2H3,(H,24,28)(H,25,31)(H,26,30)/t14-/m0/s1. The number of carbonyl (C=O) groups is 4. The number of unbranched alkanes of at least 4 members (excludes halogenated alkanes) is 1. The fourth-order valence-corrected chi connectivity index (χ4v) is 3.32. The van der Waals surface area contributed by atoms with Gasteiger partial charge >= 0.3 is 5.97 Å². The molecule has 10 heteroatoms. The molecule has 32 heavy (non-hydrogen) atoms. The second kappa shape index (κ2) is 11.8. The van der Waals surface area contributed by atoms with Crippen molar-refractivity contribution >= 4 is 41.0 Å². The number of benzene rings is 1. The normalized spacial score (nSPS) is 14.8. The van der Waals surface area contributed by atoms with Crippen molar-refractivity contribution in [3.8, 4) is 0 Å². The highest BCUT2D eigenvalue weighted by Crippen LogP contribution is 2.37. The highest BCUT2D eigenvalue weighted by atomic mass is 35.5. The number of aliphatic hydroxyl groups is 1. The molecule has 1 saturated carbocycles. The number of hydrogen-bond donors (Lipinski definition) is 4. The largest absolute Gasteiger partial charge is 0.469 e. The number of carbonyl (C=O) groups excluding carboxylic acids is 4. The van der Waals surface area contributed by atoms with E-state index in [0.717, 1.165) is 5.56 Å². The van der Waals surface area contributed by atoms with Gasteiger partial charge in [-0.3, -0.25) is 19.2 Å². The molecule has 0 unspecified atom stereocenters. The average molecular weight is 468 g/mol. The SMILES string of the molecule is COC(=O)CCCCC(=O)N[C@@H](C)C(=O)NC1(C(=O)Nc2cc(CO)cc(CCl)c2)CC1. The number of alkyl halides is 1. The number of esters is 1. The van der Waals surface area contributed by atoms with Crippen LogP contribution < -0.4 is 16.0 Å². The van der Waals surface area contributed by atoms with Crippen molar-refractivity contribution in [2.75, 3.05) is 12.4 Å². The van der Waals surface area contributed by atoms with Crippen molar-refractivity contribution in [3.63, 3.8) is 0 Å². The molecule has 0 heterocycles. The fourth-order valence-electron chi connectivity index (χ4n) is 3.17. The van der Waals surface area contributed by atoms with Gasteiger partial charge in [0.05, 0.1) is 13.7 Å². The second-order valence-corrected chi connectivity index (χ2v) is 8.20. The van der Waals surface area contributed by atoms with Crippen LogP contribution in [-0.4, -0.2) is 47.5 Å². The third kappa shape index (κ3) is 7.49. The van der Waals surface area contributed by atoms with Gasteiger partial charge in [0.15, 0.2) is 0 Å². The molecule has 1 fully saturated rings. The van der Waals surface area contributed by atoms with Gasteiger partial charge < -0.3 is 25.8 Å². The van der Waals surface area contributed by atoms with Gasteiger partial charge in [-0.25, -0.2) is 0 Å². The number of hydrogen-bond acceptors (Lipinski definition) is 6. The monoisotopic (exact) mass is 467 g/mol. The topological polar surface area (TPSA) is 134 Å². The van der Waals surface area contributed by atoms with Crippen molar-refractivity contribution in [2.45, 2.75) is 69.5 Å². The minimum atomic E-state index is -1.02. The fraction of sp³-hybridized carbons (Fsp3) is 0.545. The Morgan fingerprint density at radius 3 is 2.38 bits per heavy atom. The lowest BCUT2D eigenvalue weighted by Crippen LogP contribution is -2.53. The van der Waals surface area contributed by atoms with Crippen LogP contribution in [0.1, 0.15) is 56.6 Å². The van der Waals surface area contributed by atoms with Gasteiger partial charge in [-0.2, -0.15) is 0 Å². The minimum absolute atomic E-state index is 0.185. The van der Waals surface area contributed by atoms with Crippen LogP contribution in [0.25, 0.3) is 0 Å². The Labute approximate surface area is 192 Å². The third-order valence-electron chi connectivity index (χ3n) is 5.23. The van der Waals surface area contributed by atoms with E-state index in [1.165, 1.54) is 7.11 Å². The Balaban J connectivity index is 1.84. The van der Waals surface area contributed by atoms with Crippen molar-refractivity contribution in [1.29, 1.82) is 0 Å². The molecular weight excluding hydrogens is 438 g/mol. The van der Waals surface area contributed by atoms with Crippen molar-refractivity contribution in [3.05, 3.63) is 29.3 Å². The number of ether oxygens (including phenoxy) is 1. The summed E-state index contributed by atoms with van der Waals surface area (Å²) >= 11 is 5.87. The number of nitrogens with one attached hydrogen (secondary N) is 3. The van der Waals surface area contributed by atoms with E-state index < -0.39 is 17.5 Å². The van der Waals surface area contributed by atoms with Crippen LogP contribution in [0.3, 0.4) is 0 Å². The second-order valence-electron chi connectivity index (χ2n) is 7.93. The Hall–Kier alpha value is -2.65. The zero-order valence-electron chi connectivity index (χ0n) is 18.3. The van der Waals surface area contributed by atoms with Crippen molar-refractivity contribution < 1.29 is 29.0 Å². The molecule has 0 radical (unpaired) electrons. The van der Waals surface area contributed by atoms with Crippen LogP contribution in [0.4, 0.5) is 5.69 Å². The molecule has 0 spiro atoms. The lowest BCUT2D eigenvalue weighted by atomic mass is 10.1. The lowest BCUT2D eigenvalue weighted by molar-refractivity contribution is -0.140. The first-order valence-electron chi connectivity index (χ1n) is 10.5. The van der Waals surface area contributed by atoms with Crippen LogP contribution in [0.2, 0.25) is 0 Å². The summed E-state index contributed by atoms with van der Waals surface area (Å²) in [6, 6.07) is 4.30. The molecule has 3 amide bonds. The number of anilines is 1. The van der Waals surface area contributed by atoms with E-state index in [0.29, 0.717) is 36.9 Å². The van der Waals surface area contributed by atoms with Crippen LogP contribution in [0.15, 0.2) is 18.2 Å². The Bertz CT molecular complexity index is 834. The molecule has 0 aromatic heterocycles. The summed E-state index contributed by atoms with van der Waals surface area (Å²) in [6.07, 6.45) is 2.42. The van der Waals surface area contributed by atoms with Gasteiger partial charge in [-0.05, 0) is 55.9 Å². The van der Waals surface area contributed by atoms with E-state index in [2.05, 4.69) is 20.7 Å². The van der Waals surface area contributed by atoms with E-state index >= 15 is 0 Å². The molecule has 1 aliphatic rings. The summed E-state index contributed by atoms with van der Waals surface area (Å²) in [5, 5.41) is 17.5. The number of amides is 3. The first kappa shape index (κ1) is 25.6. The summed E-state index contributed by atoms with van der Waals surface area (Å²) in [7, 11) is 1.31. The molecule has 1 aromatic carbocycles. The molecule has 1 aliphatic carbocycles. The van der Waals surface area contributed by atoms with Crippen molar-refractivity contribution in [1.82, 2.24) is 10.6 Å². The highest BCUT2D eigenvalue weighted by molar-refractivity contribution is 6.17. The van der Waals surface area contributed by atoms with E-state index in [1.54, 1.807) is 25.1 Å². The van der Waals surface area contributed by atoms with Crippen LogP contribution >= 0.6 is 11.6 Å². The Morgan fingerprint density at radius 2 is 1.78 bits per heavy atom. The molecule has 0 aliphatic heterocycles. The predicted octanol–water partition coefficient (Wildman–Crippen LogP) is 1.74. The average Bonchev–Trinajstić information content (AvgIpc) is 3.56. The summed E-state index contributed by atoms with van der Waals surface area (Å²) in [6.45, 7) is 1.36. The number of methoxy groups -OCH3 is 1. The zero-order chi connectivity index (χ0) is 23.7. The number of rotatable bonds is 12. The van der Waals surface area contributed by atoms with Gasteiger partial charge in [0, 0.05) is 24.4 Å². The molecule has 2 rings (SSSR count). The summed E-state index contributed by atoms with van der Waals surface area (Å²) in [5.41, 5.74) is 0.846. The molecule has 9 nitrogen and oxygen atoms in total. The lowest BCUT2D eigenvalue weighted by Gasteiger charge is -2.21. The van der Waals surface area contributed by atoms with Gasteiger partial charge in [0.2, 0.25) is 17.7 Å². The molecule has 176 valence electrons. The van der Waals surface area contributed by atoms with Gasteiger partial charge in [0.25, 0.3) is 0 Å². The van der Waals surface area contributed by atoms with Gasteiger partial charge in [-0.15, -0.1) is 11.6 Å². The quantitative estimate of drug-likeness (QED) is 0.210. The molecule has 1 atom stereocenters. The number of halogens is 1. The van der Waals surface area contributed by atoms with E-state index in [-0.39, 0.29) is 43.1 Å². The van der Waals surface area contributed by atoms with E-state index in [4.69, 9.17) is 11.6 Å². The van der Waals surface area contributed by atoms with Crippen LogP contribution in [-0.2, 0) is 36.4 Å². The zero-order valence-corrected chi connectivity index (χ0v) is 19.1. The molecular formula is C22H30ClN3O6. The van der Waals surface area contributed by atoms with Crippen molar-refractivity contribution in [2.24, 2.45) is 0 Å². The maximum Gasteiger partial charge on any atom is 0.305 e. The Morgan fingerprint density at radius 1 is 1.12 bits per heavy atom. The molecule has 4 N–H and O–H groups in total. The first-order valence-corrected chi connectivity index (χ1v) is 11.1. The van der Waals surface area contributed by atoms with E-state index in [9.17, 15) is 24.3 Å². The summed E-state index contributed by atoms with van der Waals surface area (Å²) in [5.74, 6) is -1.21.